The number of esters is 1. The molecule has 2 saturated heterocycles. The molecule has 0 saturated carbocycles. The molecule has 0 spiro atoms. The Bertz CT molecular complexity index is 1810. The van der Waals surface area contributed by atoms with Crippen LogP contribution in [-0.4, -0.2) is 100 Å². The van der Waals surface area contributed by atoms with Gasteiger partial charge in [0.25, 0.3) is 0 Å². The van der Waals surface area contributed by atoms with Crippen molar-refractivity contribution in [1.29, 1.82) is 0 Å². The number of aliphatic hydroxyl groups is 4. The molecule has 3 aliphatic heterocycles. The lowest BCUT2D eigenvalue weighted by Gasteiger charge is -2.46. The second-order valence-electron chi connectivity index (χ2n) is 12.1. The van der Waals surface area contributed by atoms with Crippen LogP contribution < -0.4 is 10.4 Å². The number of hydrogen-bond donors (Lipinski definition) is 5. The van der Waals surface area contributed by atoms with Gasteiger partial charge in [-0.15, -0.1) is 0 Å². The van der Waals surface area contributed by atoms with E-state index < -0.39 is 84.9 Å². The maximum absolute atomic E-state index is 13.4. The molecular weight excluding hydrogens is 608 g/mol. The molecule has 7 rings (SSSR count). The fourth-order valence-electron chi connectivity index (χ4n) is 6.89. The predicted octanol–water partition coefficient (Wildman–Crippen LogP) is 1.38. The van der Waals surface area contributed by atoms with Gasteiger partial charge in [-0.05, 0) is 32.4 Å². The number of phenolic OH excluding ortho intramolecular Hbond substituents is 1. The van der Waals surface area contributed by atoms with Crippen molar-refractivity contribution in [3.05, 3.63) is 51.4 Å². The SMILES string of the molecule is COC1C(O)C(C)OC(OC2C(Oc3cccc4c(O)c5c6c7c(c(=O)oc6c34)C(C)=CCC7OC5=O)OC(C)C(O)C2O)C1O. The molecule has 2 aromatic carbocycles. The minimum atomic E-state index is -1.60. The summed E-state index contributed by atoms with van der Waals surface area (Å²) in [6.45, 7) is 4.82. The number of aromatic hydroxyl groups is 1. The van der Waals surface area contributed by atoms with E-state index in [-0.39, 0.29) is 38.6 Å². The van der Waals surface area contributed by atoms with Crippen LogP contribution in [0, 0.1) is 0 Å². The minimum absolute atomic E-state index is 0.0165. The normalized spacial score (nSPS) is 35.6. The van der Waals surface area contributed by atoms with E-state index in [1.807, 2.05) is 0 Å². The van der Waals surface area contributed by atoms with Gasteiger partial charge in [0, 0.05) is 29.9 Å². The number of benzene rings is 2. The number of ether oxygens (including phenoxy) is 6. The average Bonchev–Trinajstić information content (AvgIpc) is 3.02. The highest BCUT2D eigenvalue weighted by molar-refractivity contribution is 6.21. The van der Waals surface area contributed by atoms with Crippen molar-refractivity contribution in [2.75, 3.05) is 7.11 Å². The summed E-state index contributed by atoms with van der Waals surface area (Å²) in [4.78, 5) is 26.5. The zero-order valence-corrected chi connectivity index (χ0v) is 25.3. The number of carbonyl (C=O) groups is 1. The molecule has 0 amide bonds. The van der Waals surface area contributed by atoms with Gasteiger partial charge in [0.1, 0.15) is 53.7 Å². The van der Waals surface area contributed by atoms with Crippen LogP contribution >= 0.6 is 0 Å². The number of phenols is 1. The lowest BCUT2D eigenvalue weighted by molar-refractivity contribution is -0.353. The molecule has 11 atom stereocenters. The van der Waals surface area contributed by atoms with E-state index in [1.54, 1.807) is 19.9 Å². The summed E-state index contributed by atoms with van der Waals surface area (Å²) in [6, 6.07) is 4.56. The third kappa shape index (κ3) is 4.55. The van der Waals surface area contributed by atoms with Gasteiger partial charge in [-0.3, -0.25) is 0 Å². The second kappa shape index (κ2) is 11.3. The Morgan fingerprint density at radius 1 is 0.870 bits per heavy atom. The van der Waals surface area contributed by atoms with E-state index in [2.05, 4.69) is 0 Å². The molecule has 0 bridgehead atoms. The van der Waals surface area contributed by atoms with Gasteiger partial charge in [0.2, 0.25) is 6.29 Å². The highest BCUT2D eigenvalue weighted by atomic mass is 16.8. The molecule has 0 radical (unpaired) electrons. The Morgan fingerprint density at radius 3 is 2.33 bits per heavy atom. The second-order valence-corrected chi connectivity index (χ2v) is 12.1. The average molecular weight is 643 g/mol. The van der Waals surface area contributed by atoms with Crippen molar-refractivity contribution in [1.82, 2.24) is 0 Å². The van der Waals surface area contributed by atoms with Crippen molar-refractivity contribution < 1.29 is 63.2 Å². The van der Waals surface area contributed by atoms with E-state index in [0.717, 1.165) is 0 Å². The number of rotatable bonds is 5. The van der Waals surface area contributed by atoms with Crippen molar-refractivity contribution in [2.45, 2.75) is 94.7 Å². The topological polar surface area (TPSA) is 204 Å². The summed E-state index contributed by atoms with van der Waals surface area (Å²) in [5, 5.41) is 55.0. The maximum Gasteiger partial charge on any atom is 0.344 e. The first-order chi connectivity index (χ1) is 21.9. The van der Waals surface area contributed by atoms with E-state index in [1.165, 1.54) is 32.2 Å². The summed E-state index contributed by atoms with van der Waals surface area (Å²) < 4.78 is 40.6. The number of hydrogen-bond acceptors (Lipinski definition) is 14. The van der Waals surface area contributed by atoms with Gasteiger partial charge in [-0.2, -0.15) is 0 Å². The lowest BCUT2D eigenvalue weighted by Crippen LogP contribution is -2.64. The molecule has 2 fully saturated rings. The molecule has 4 aliphatic rings. The zero-order chi connectivity index (χ0) is 32.8. The van der Waals surface area contributed by atoms with Crippen LogP contribution in [0.15, 0.2) is 33.5 Å². The van der Waals surface area contributed by atoms with Crippen LogP contribution in [0.2, 0.25) is 0 Å². The van der Waals surface area contributed by atoms with Crippen LogP contribution in [0.25, 0.3) is 27.3 Å². The van der Waals surface area contributed by atoms with Gasteiger partial charge in [-0.1, -0.05) is 18.2 Å². The number of aliphatic hydroxyl groups excluding tert-OH is 4. The van der Waals surface area contributed by atoms with Crippen LogP contribution in [0.5, 0.6) is 11.5 Å². The van der Waals surface area contributed by atoms with Gasteiger partial charge >= 0.3 is 11.6 Å². The lowest BCUT2D eigenvalue weighted by atomic mass is 9.84. The van der Waals surface area contributed by atoms with Gasteiger partial charge < -0.3 is 58.4 Å². The summed E-state index contributed by atoms with van der Waals surface area (Å²) >= 11 is 0. The zero-order valence-electron chi connectivity index (χ0n) is 25.3. The number of carbonyl (C=O) groups excluding carboxylic acids is 1. The Hall–Kier alpha value is -3.60. The third-order valence-electron chi connectivity index (χ3n) is 9.34. The standard InChI is InChI=1S/C32H34O14/c1-10-8-9-15-18-16(10)29(38)45-26-17-13(23(35)20(19(18)26)30(39)43-15)6-5-7-14(17)44-32-28(24(36)21(33)11(2)42-32)46-31-25(37)27(40-4)22(34)12(3)41-31/h5-8,11-12,15,21-22,24-25,27-28,31-37H,9H2,1-4H3. The minimum Gasteiger partial charge on any atom is -0.506 e. The molecule has 14 nitrogen and oxygen atoms in total. The van der Waals surface area contributed by atoms with Crippen molar-refractivity contribution in [3.63, 3.8) is 0 Å². The van der Waals surface area contributed by atoms with Gasteiger partial charge in [-0.25, -0.2) is 9.59 Å². The monoisotopic (exact) mass is 642 g/mol. The molecule has 5 N–H and O–H groups in total. The quantitative estimate of drug-likeness (QED) is 0.152. The van der Waals surface area contributed by atoms with Gasteiger partial charge in [0.05, 0.1) is 23.2 Å². The first-order valence-electron chi connectivity index (χ1n) is 15.0. The predicted molar refractivity (Wildman–Crippen MR) is 157 cm³/mol. The van der Waals surface area contributed by atoms with Crippen LogP contribution in [-0.2, 0) is 23.7 Å². The summed E-state index contributed by atoms with van der Waals surface area (Å²) in [6.07, 6.45) is -11.5. The van der Waals surface area contributed by atoms with Crippen LogP contribution in [0.3, 0.4) is 0 Å². The molecular formula is C32H34O14. The molecule has 46 heavy (non-hydrogen) atoms. The van der Waals surface area contributed by atoms with E-state index >= 15 is 0 Å². The van der Waals surface area contributed by atoms with Crippen molar-refractivity contribution in [2.24, 2.45) is 0 Å². The molecule has 1 aromatic heterocycles. The van der Waals surface area contributed by atoms with Crippen LogP contribution in [0.1, 0.15) is 54.8 Å². The van der Waals surface area contributed by atoms with Crippen LogP contribution in [0.4, 0.5) is 0 Å². The van der Waals surface area contributed by atoms with E-state index in [0.29, 0.717) is 17.6 Å². The summed E-state index contributed by atoms with van der Waals surface area (Å²) in [5.74, 6) is -1.15. The Kier molecular flexibility index (Phi) is 7.61. The third-order valence-corrected chi connectivity index (χ3v) is 9.34. The summed E-state index contributed by atoms with van der Waals surface area (Å²) in [7, 11) is 1.31. The number of allylic oxidation sites excluding steroid dienone is 1. The van der Waals surface area contributed by atoms with Gasteiger partial charge in [0.15, 0.2) is 18.0 Å². The maximum atomic E-state index is 13.4. The molecule has 1 aliphatic carbocycles. The molecule has 4 heterocycles. The molecule has 11 unspecified atom stereocenters. The number of fused-ring (bicyclic) bond motifs is 2. The van der Waals surface area contributed by atoms with E-state index in [4.69, 9.17) is 32.8 Å². The highest BCUT2D eigenvalue weighted by Gasteiger charge is 2.51. The first kappa shape index (κ1) is 31.0. The highest BCUT2D eigenvalue weighted by Crippen LogP contribution is 2.50. The van der Waals surface area contributed by atoms with Crippen molar-refractivity contribution >= 4 is 33.3 Å². The molecule has 3 aromatic rings. The smallest absolute Gasteiger partial charge is 0.344 e. The molecule has 14 heteroatoms. The summed E-state index contributed by atoms with van der Waals surface area (Å²) in [5.41, 5.74) is 0.516. The van der Waals surface area contributed by atoms with Crippen molar-refractivity contribution in [3.8, 4) is 11.5 Å². The Balaban J connectivity index is 1.35. The Morgan fingerprint density at radius 2 is 1.59 bits per heavy atom. The first-order valence-corrected chi connectivity index (χ1v) is 15.0. The Labute approximate surface area is 261 Å². The molecule has 246 valence electrons. The fraction of sp³-hybridized carbons (Fsp3) is 0.500. The fourth-order valence-corrected chi connectivity index (χ4v) is 6.89. The largest absolute Gasteiger partial charge is 0.506 e. The number of methoxy groups -OCH3 is 1. The van der Waals surface area contributed by atoms with E-state index in [9.17, 15) is 35.1 Å².